The van der Waals surface area contributed by atoms with Crippen molar-refractivity contribution in [3.8, 4) is 6.07 Å². The molecule has 23 heavy (non-hydrogen) atoms. The summed E-state index contributed by atoms with van der Waals surface area (Å²) in [7, 11) is 0. The molecule has 1 atom stereocenters. The number of nitrogen functional groups attached to an aromatic ring is 1. The molecule has 0 spiro atoms. The van der Waals surface area contributed by atoms with Gasteiger partial charge in [0.2, 0.25) is 5.95 Å². The van der Waals surface area contributed by atoms with E-state index in [9.17, 15) is 18.4 Å². The molecular formula is C14H14F3N5O. The highest BCUT2D eigenvalue weighted by Gasteiger charge is 2.46. The predicted octanol–water partition coefficient (Wildman–Crippen LogP) is 2.27. The molecule has 2 N–H and O–H groups in total. The fourth-order valence-electron chi connectivity index (χ4n) is 3.18. The molecule has 1 aliphatic heterocycles. The first kappa shape index (κ1) is 15.6. The third-order valence-corrected chi connectivity index (χ3v) is 4.38. The maximum Gasteiger partial charge on any atom is 0.419 e. The number of anilines is 1. The first-order chi connectivity index (χ1) is 10.8. The minimum absolute atomic E-state index is 0.155. The van der Waals surface area contributed by atoms with Crippen LogP contribution in [0.25, 0.3) is 5.52 Å². The molecule has 1 unspecified atom stereocenters. The van der Waals surface area contributed by atoms with E-state index in [0.717, 1.165) is 10.7 Å². The minimum atomic E-state index is -4.69. The Hall–Kier alpha value is -2.34. The Kier molecular flexibility index (Phi) is 3.44. The number of hydrogen-bond donors (Lipinski definition) is 1. The quantitative estimate of drug-likeness (QED) is 0.915. The van der Waals surface area contributed by atoms with Crippen LogP contribution in [-0.4, -0.2) is 27.8 Å². The smallest absolute Gasteiger partial charge is 0.380 e. The van der Waals surface area contributed by atoms with Gasteiger partial charge in [-0.25, -0.2) is 9.50 Å². The number of alkyl halides is 3. The van der Waals surface area contributed by atoms with Crippen LogP contribution in [0.4, 0.5) is 19.1 Å². The second kappa shape index (κ2) is 5.09. The lowest BCUT2D eigenvalue weighted by atomic mass is 9.79. The summed E-state index contributed by atoms with van der Waals surface area (Å²) in [6, 6.07) is 1.71. The summed E-state index contributed by atoms with van der Waals surface area (Å²) in [5.74, 6) is -0.155. The summed E-state index contributed by atoms with van der Waals surface area (Å²) in [6.45, 7) is 2.52. The molecule has 1 fully saturated rings. The number of nitrogens with zero attached hydrogens (tertiary/aromatic N) is 4. The third kappa shape index (κ3) is 2.21. The predicted molar refractivity (Wildman–Crippen MR) is 74.5 cm³/mol. The highest BCUT2D eigenvalue weighted by atomic mass is 19.4. The molecule has 3 heterocycles. The normalized spacial score (nSPS) is 21.7. The number of ether oxygens (including phenoxy) is 1. The van der Waals surface area contributed by atoms with E-state index in [4.69, 9.17) is 10.5 Å². The Bertz CT molecular complexity index is 799. The SMILES string of the molecule is CCC1(c2c(C#N)c(C(F)(F)F)c3cnc(N)nn23)CCOC1. The second-order valence-corrected chi connectivity index (χ2v) is 5.56. The van der Waals surface area contributed by atoms with Crippen LogP contribution >= 0.6 is 0 Å². The van der Waals surface area contributed by atoms with Gasteiger partial charge in [-0.2, -0.15) is 18.4 Å². The summed E-state index contributed by atoms with van der Waals surface area (Å²) in [4.78, 5) is 3.65. The lowest BCUT2D eigenvalue weighted by Crippen LogP contribution is -2.29. The van der Waals surface area contributed by atoms with Crippen LogP contribution in [0.1, 0.15) is 36.6 Å². The lowest BCUT2D eigenvalue weighted by molar-refractivity contribution is -0.136. The summed E-state index contributed by atoms with van der Waals surface area (Å²) in [5.41, 5.74) is 3.35. The van der Waals surface area contributed by atoms with Crippen LogP contribution in [-0.2, 0) is 16.3 Å². The highest BCUT2D eigenvalue weighted by Crippen LogP contribution is 2.45. The van der Waals surface area contributed by atoms with E-state index >= 15 is 0 Å². The van der Waals surface area contributed by atoms with E-state index in [-0.39, 0.29) is 23.8 Å². The summed E-state index contributed by atoms with van der Waals surface area (Å²) >= 11 is 0. The molecule has 2 aromatic heterocycles. The fourth-order valence-corrected chi connectivity index (χ4v) is 3.18. The van der Waals surface area contributed by atoms with E-state index in [1.807, 2.05) is 6.92 Å². The van der Waals surface area contributed by atoms with Crippen LogP contribution in [0.5, 0.6) is 0 Å². The second-order valence-electron chi connectivity index (χ2n) is 5.56. The van der Waals surface area contributed by atoms with Gasteiger partial charge in [-0.15, -0.1) is 5.10 Å². The monoisotopic (exact) mass is 325 g/mol. The fraction of sp³-hybridized carbons (Fsp3) is 0.500. The molecular weight excluding hydrogens is 311 g/mol. The number of aromatic nitrogens is 3. The standard InChI is InChI=1S/C14H14F3N5O/c1-2-13(3-4-23-7-13)11-8(5-18)10(14(15,16)17)9-6-20-12(19)21-22(9)11/h6H,2-4,7H2,1H3,(H2,19,21). The number of halogens is 3. The molecule has 2 aromatic rings. The molecule has 0 aromatic carbocycles. The van der Waals surface area contributed by atoms with Crippen molar-refractivity contribution in [3.63, 3.8) is 0 Å². The Morgan fingerprint density at radius 2 is 2.26 bits per heavy atom. The zero-order chi connectivity index (χ0) is 16.8. The maximum absolute atomic E-state index is 13.5. The van der Waals surface area contributed by atoms with Crippen molar-refractivity contribution >= 4 is 11.5 Å². The average molecular weight is 325 g/mol. The summed E-state index contributed by atoms with van der Waals surface area (Å²) in [6.07, 6.45) is -2.64. The van der Waals surface area contributed by atoms with E-state index < -0.39 is 22.7 Å². The van der Waals surface area contributed by atoms with E-state index in [1.165, 1.54) is 0 Å². The maximum atomic E-state index is 13.5. The number of hydrogen-bond acceptors (Lipinski definition) is 5. The Labute approximate surface area is 129 Å². The molecule has 3 rings (SSSR count). The molecule has 6 nitrogen and oxygen atoms in total. The van der Waals surface area contributed by atoms with Gasteiger partial charge in [0.05, 0.1) is 29.6 Å². The van der Waals surface area contributed by atoms with Gasteiger partial charge in [-0.3, -0.25) is 0 Å². The highest BCUT2D eigenvalue weighted by molar-refractivity contribution is 5.67. The summed E-state index contributed by atoms with van der Waals surface area (Å²) < 4.78 is 47.1. The minimum Gasteiger partial charge on any atom is -0.380 e. The van der Waals surface area contributed by atoms with Gasteiger partial charge < -0.3 is 10.5 Å². The van der Waals surface area contributed by atoms with Gasteiger partial charge in [0, 0.05) is 12.0 Å². The topological polar surface area (TPSA) is 89.2 Å². The number of rotatable bonds is 2. The van der Waals surface area contributed by atoms with Crippen molar-refractivity contribution in [1.82, 2.24) is 14.6 Å². The first-order valence-corrected chi connectivity index (χ1v) is 7.07. The molecule has 9 heteroatoms. The number of fused-ring (bicyclic) bond motifs is 1. The molecule has 0 saturated carbocycles. The van der Waals surface area contributed by atoms with Gasteiger partial charge in [-0.1, -0.05) is 6.92 Å². The molecule has 0 amide bonds. The van der Waals surface area contributed by atoms with Crippen molar-refractivity contribution in [2.45, 2.75) is 31.4 Å². The Balaban J connectivity index is 2.46. The van der Waals surface area contributed by atoms with Crippen LogP contribution in [0, 0.1) is 11.3 Å². The third-order valence-electron chi connectivity index (χ3n) is 4.38. The molecule has 0 bridgehead atoms. The molecule has 0 aliphatic carbocycles. The van der Waals surface area contributed by atoms with Crippen LogP contribution < -0.4 is 5.73 Å². The van der Waals surface area contributed by atoms with Crippen molar-refractivity contribution in [2.75, 3.05) is 18.9 Å². The van der Waals surface area contributed by atoms with Gasteiger partial charge in [-0.05, 0) is 12.8 Å². The molecule has 122 valence electrons. The van der Waals surface area contributed by atoms with E-state index in [0.29, 0.717) is 19.4 Å². The van der Waals surface area contributed by atoms with Crippen molar-refractivity contribution in [3.05, 3.63) is 23.0 Å². The zero-order valence-electron chi connectivity index (χ0n) is 12.3. The van der Waals surface area contributed by atoms with E-state index in [2.05, 4.69) is 10.1 Å². The van der Waals surface area contributed by atoms with Gasteiger partial charge >= 0.3 is 6.18 Å². The number of nitriles is 1. The van der Waals surface area contributed by atoms with Crippen molar-refractivity contribution in [2.24, 2.45) is 0 Å². The van der Waals surface area contributed by atoms with Crippen LogP contribution in [0.3, 0.4) is 0 Å². The Morgan fingerprint density at radius 3 is 2.78 bits per heavy atom. The average Bonchev–Trinajstić information content (AvgIpc) is 3.08. The van der Waals surface area contributed by atoms with Crippen molar-refractivity contribution < 1.29 is 17.9 Å². The Morgan fingerprint density at radius 1 is 1.52 bits per heavy atom. The molecule has 0 radical (unpaired) electrons. The van der Waals surface area contributed by atoms with Gasteiger partial charge in [0.15, 0.2) is 0 Å². The van der Waals surface area contributed by atoms with Crippen molar-refractivity contribution in [1.29, 1.82) is 5.26 Å². The van der Waals surface area contributed by atoms with Gasteiger partial charge in [0.25, 0.3) is 0 Å². The summed E-state index contributed by atoms with van der Waals surface area (Å²) in [5, 5.41) is 13.4. The first-order valence-electron chi connectivity index (χ1n) is 7.07. The van der Waals surface area contributed by atoms with Gasteiger partial charge in [0.1, 0.15) is 11.6 Å². The van der Waals surface area contributed by atoms with E-state index in [1.54, 1.807) is 6.07 Å². The lowest BCUT2D eigenvalue weighted by Gasteiger charge is -2.25. The van der Waals surface area contributed by atoms with Crippen LogP contribution in [0.2, 0.25) is 0 Å². The molecule has 1 aliphatic rings. The molecule has 1 saturated heterocycles. The largest absolute Gasteiger partial charge is 0.419 e. The van der Waals surface area contributed by atoms with Crippen LogP contribution in [0.15, 0.2) is 6.20 Å². The zero-order valence-corrected chi connectivity index (χ0v) is 12.3. The number of nitrogens with two attached hydrogens (primary N) is 1.